The smallest absolute Gasteiger partial charge is 0.270 e. The molecule has 0 radical (unpaired) electrons. The first-order valence-electron chi connectivity index (χ1n) is 4.19. The number of nitro benzene ring substituents is 1. The van der Waals surface area contributed by atoms with Crippen molar-refractivity contribution in [2.45, 2.75) is 6.92 Å². The summed E-state index contributed by atoms with van der Waals surface area (Å²) in [7, 11) is 0. The average Bonchev–Trinajstić information content (AvgIpc) is 2.17. The molecular formula is C10H12N2O2. The average molecular weight is 192 g/mol. The molecule has 1 aromatic carbocycles. The second-order valence-corrected chi connectivity index (χ2v) is 3.06. The number of non-ortho nitro benzene ring substituents is 1. The van der Waals surface area contributed by atoms with E-state index >= 15 is 0 Å². The highest BCUT2D eigenvalue weighted by atomic mass is 16.6. The molecule has 0 unspecified atom stereocenters. The van der Waals surface area contributed by atoms with Gasteiger partial charge in [0.1, 0.15) is 0 Å². The lowest BCUT2D eigenvalue weighted by Crippen LogP contribution is -2.03. The van der Waals surface area contributed by atoms with Crippen LogP contribution < -0.4 is 5.73 Å². The van der Waals surface area contributed by atoms with Crippen LogP contribution in [0.4, 0.5) is 5.69 Å². The minimum Gasteiger partial charge on any atom is -0.326 e. The molecule has 0 aliphatic carbocycles. The van der Waals surface area contributed by atoms with E-state index < -0.39 is 4.92 Å². The van der Waals surface area contributed by atoms with E-state index in [0.29, 0.717) is 12.1 Å². The molecule has 74 valence electrons. The maximum Gasteiger partial charge on any atom is 0.270 e. The van der Waals surface area contributed by atoms with Crippen molar-refractivity contribution in [2.75, 3.05) is 6.54 Å². The highest BCUT2D eigenvalue weighted by Crippen LogP contribution is 2.22. The number of nitrogens with two attached hydrogens (primary N) is 1. The molecule has 0 heterocycles. The standard InChI is InChI=1S/C10H12N2O2/c1-7-3-4-9(12(13)14)5-10(7)8(2)6-11/h3-5H,2,6,11H2,1H3. The predicted molar refractivity (Wildman–Crippen MR) is 55.9 cm³/mol. The molecule has 14 heavy (non-hydrogen) atoms. The van der Waals surface area contributed by atoms with Gasteiger partial charge in [0.25, 0.3) is 5.69 Å². The summed E-state index contributed by atoms with van der Waals surface area (Å²) in [6.07, 6.45) is 0. The predicted octanol–water partition coefficient (Wildman–Crippen LogP) is 1.88. The van der Waals surface area contributed by atoms with E-state index in [1.165, 1.54) is 12.1 Å². The Kier molecular flexibility index (Phi) is 2.99. The lowest BCUT2D eigenvalue weighted by molar-refractivity contribution is -0.384. The van der Waals surface area contributed by atoms with Gasteiger partial charge in [-0.25, -0.2) is 0 Å². The van der Waals surface area contributed by atoms with Gasteiger partial charge in [0.05, 0.1) is 4.92 Å². The van der Waals surface area contributed by atoms with Crippen LogP contribution in [0.2, 0.25) is 0 Å². The topological polar surface area (TPSA) is 69.2 Å². The zero-order chi connectivity index (χ0) is 10.7. The van der Waals surface area contributed by atoms with Gasteiger partial charge in [0.2, 0.25) is 0 Å². The van der Waals surface area contributed by atoms with E-state index in [2.05, 4.69) is 6.58 Å². The molecular weight excluding hydrogens is 180 g/mol. The summed E-state index contributed by atoms with van der Waals surface area (Å²) < 4.78 is 0. The van der Waals surface area contributed by atoms with Gasteiger partial charge in [-0.2, -0.15) is 0 Å². The van der Waals surface area contributed by atoms with Gasteiger partial charge in [-0.05, 0) is 23.6 Å². The summed E-state index contributed by atoms with van der Waals surface area (Å²) in [6, 6.07) is 4.68. The number of rotatable bonds is 3. The van der Waals surface area contributed by atoms with E-state index in [1.807, 2.05) is 6.92 Å². The van der Waals surface area contributed by atoms with Gasteiger partial charge in [-0.3, -0.25) is 10.1 Å². The molecule has 0 aromatic heterocycles. The van der Waals surface area contributed by atoms with Crippen molar-refractivity contribution in [2.24, 2.45) is 5.73 Å². The first-order chi connectivity index (χ1) is 6.56. The molecule has 4 nitrogen and oxygen atoms in total. The minimum absolute atomic E-state index is 0.0696. The molecule has 0 amide bonds. The Morgan fingerprint density at radius 2 is 2.29 bits per heavy atom. The van der Waals surface area contributed by atoms with Crippen molar-refractivity contribution >= 4 is 11.3 Å². The van der Waals surface area contributed by atoms with Crippen molar-refractivity contribution in [3.63, 3.8) is 0 Å². The first-order valence-corrected chi connectivity index (χ1v) is 4.19. The number of hydrogen-bond donors (Lipinski definition) is 1. The number of aryl methyl sites for hydroxylation is 1. The zero-order valence-corrected chi connectivity index (χ0v) is 7.99. The van der Waals surface area contributed by atoms with Crippen LogP contribution in [0.1, 0.15) is 11.1 Å². The van der Waals surface area contributed by atoms with E-state index in [1.54, 1.807) is 6.07 Å². The van der Waals surface area contributed by atoms with Crippen LogP contribution in [0.15, 0.2) is 24.8 Å². The summed E-state index contributed by atoms with van der Waals surface area (Å²) in [6.45, 7) is 5.94. The molecule has 4 heteroatoms. The first kappa shape index (κ1) is 10.4. The van der Waals surface area contributed by atoms with E-state index in [4.69, 9.17) is 5.73 Å². The van der Waals surface area contributed by atoms with Crippen LogP contribution >= 0.6 is 0 Å². The van der Waals surface area contributed by atoms with E-state index in [-0.39, 0.29) is 5.69 Å². The van der Waals surface area contributed by atoms with Gasteiger partial charge >= 0.3 is 0 Å². The normalized spacial score (nSPS) is 9.86. The Morgan fingerprint density at radius 1 is 1.64 bits per heavy atom. The second kappa shape index (κ2) is 4.02. The van der Waals surface area contributed by atoms with Gasteiger partial charge in [-0.15, -0.1) is 0 Å². The van der Waals surface area contributed by atoms with Gasteiger partial charge in [0, 0.05) is 18.7 Å². The van der Waals surface area contributed by atoms with E-state index in [9.17, 15) is 10.1 Å². The Bertz CT molecular complexity index is 386. The molecule has 0 saturated carbocycles. The largest absolute Gasteiger partial charge is 0.326 e. The molecule has 0 aliphatic rings. The van der Waals surface area contributed by atoms with Gasteiger partial charge < -0.3 is 5.73 Å². The summed E-state index contributed by atoms with van der Waals surface area (Å²) >= 11 is 0. The van der Waals surface area contributed by atoms with E-state index in [0.717, 1.165) is 11.1 Å². The van der Waals surface area contributed by atoms with Crippen LogP contribution in [0.3, 0.4) is 0 Å². The molecule has 0 spiro atoms. The van der Waals surface area contributed by atoms with Crippen LogP contribution in [0, 0.1) is 17.0 Å². The Labute approximate surface area is 82.2 Å². The van der Waals surface area contributed by atoms with Crippen LogP contribution in [-0.2, 0) is 0 Å². The fourth-order valence-corrected chi connectivity index (χ4v) is 1.21. The third-order valence-electron chi connectivity index (χ3n) is 2.06. The second-order valence-electron chi connectivity index (χ2n) is 3.06. The lowest BCUT2D eigenvalue weighted by Gasteiger charge is -2.06. The quantitative estimate of drug-likeness (QED) is 0.587. The van der Waals surface area contributed by atoms with Gasteiger partial charge in [0.15, 0.2) is 0 Å². The molecule has 0 bridgehead atoms. The molecule has 2 N–H and O–H groups in total. The molecule has 0 aliphatic heterocycles. The number of benzene rings is 1. The fourth-order valence-electron chi connectivity index (χ4n) is 1.21. The highest BCUT2D eigenvalue weighted by molar-refractivity contribution is 5.69. The molecule has 0 atom stereocenters. The zero-order valence-electron chi connectivity index (χ0n) is 7.99. The molecule has 1 rings (SSSR count). The van der Waals surface area contributed by atoms with Crippen molar-refractivity contribution < 1.29 is 4.92 Å². The number of nitro groups is 1. The van der Waals surface area contributed by atoms with Crippen molar-refractivity contribution in [3.8, 4) is 0 Å². The SMILES string of the molecule is C=C(CN)c1cc([N+](=O)[O-])ccc1C. The minimum atomic E-state index is -0.424. The lowest BCUT2D eigenvalue weighted by atomic mass is 10.0. The Balaban J connectivity index is 3.21. The Morgan fingerprint density at radius 3 is 2.79 bits per heavy atom. The fraction of sp³-hybridized carbons (Fsp3) is 0.200. The van der Waals surface area contributed by atoms with Crippen LogP contribution in [0.5, 0.6) is 0 Å². The Hall–Kier alpha value is -1.68. The molecule has 0 fully saturated rings. The van der Waals surface area contributed by atoms with Crippen LogP contribution in [0.25, 0.3) is 5.57 Å². The van der Waals surface area contributed by atoms with Crippen LogP contribution in [-0.4, -0.2) is 11.5 Å². The number of nitrogens with zero attached hydrogens (tertiary/aromatic N) is 1. The summed E-state index contributed by atoms with van der Waals surface area (Å²) in [5.74, 6) is 0. The summed E-state index contributed by atoms with van der Waals surface area (Å²) in [4.78, 5) is 10.1. The highest BCUT2D eigenvalue weighted by Gasteiger charge is 2.09. The summed E-state index contributed by atoms with van der Waals surface area (Å²) in [5, 5.41) is 10.5. The molecule has 1 aromatic rings. The maximum atomic E-state index is 10.5. The van der Waals surface area contributed by atoms with Crippen molar-refractivity contribution in [3.05, 3.63) is 46.0 Å². The maximum absolute atomic E-state index is 10.5. The number of hydrogen-bond acceptors (Lipinski definition) is 3. The third kappa shape index (κ3) is 1.97. The van der Waals surface area contributed by atoms with Crippen molar-refractivity contribution in [1.29, 1.82) is 0 Å². The van der Waals surface area contributed by atoms with Crippen molar-refractivity contribution in [1.82, 2.24) is 0 Å². The summed E-state index contributed by atoms with van der Waals surface area (Å²) in [5.41, 5.74) is 7.93. The molecule has 0 saturated heterocycles. The third-order valence-corrected chi connectivity index (χ3v) is 2.06. The monoisotopic (exact) mass is 192 g/mol. The van der Waals surface area contributed by atoms with Gasteiger partial charge in [-0.1, -0.05) is 12.6 Å².